The van der Waals surface area contributed by atoms with Crippen molar-refractivity contribution in [3.63, 3.8) is 0 Å². The van der Waals surface area contributed by atoms with Gasteiger partial charge in [-0.05, 0) is 32.4 Å². The standard InChI is InChI=1S/C12H26N2O2S/c1-5-12(2,9-13-3)10-14(4)11-6-7-17(15,16)8-11/h11,13H,5-10H2,1-4H3. The predicted octanol–water partition coefficient (Wildman–Crippen LogP) is 0.741. The van der Waals surface area contributed by atoms with E-state index in [1.807, 2.05) is 7.05 Å². The van der Waals surface area contributed by atoms with Crippen molar-refractivity contribution >= 4 is 9.84 Å². The van der Waals surface area contributed by atoms with E-state index >= 15 is 0 Å². The summed E-state index contributed by atoms with van der Waals surface area (Å²) in [5.41, 5.74) is 0.218. The lowest BCUT2D eigenvalue weighted by atomic mass is 9.86. The summed E-state index contributed by atoms with van der Waals surface area (Å²) in [4.78, 5) is 2.23. The van der Waals surface area contributed by atoms with Crippen molar-refractivity contribution in [2.45, 2.75) is 32.7 Å². The molecule has 1 aliphatic heterocycles. The van der Waals surface area contributed by atoms with Gasteiger partial charge in [0.25, 0.3) is 0 Å². The Hall–Kier alpha value is -0.130. The number of rotatable bonds is 6. The predicted molar refractivity (Wildman–Crippen MR) is 72.0 cm³/mol. The maximum atomic E-state index is 11.5. The molecule has 2 atom stereocenters. The van der Waals surface area contributed by atoms with E-state index < -0.39 is 9.84 Å². The fourth-order valence-electron chi connectivity index (χ4n) is 2.57. The van der Waals surface area contributed by atoms with Crippen LogP contribution in [-0.4, -0.2) is 58.1 Å². The number of nitrogens with zero attached hydrogens (tertiary/aromatic N) is 1. The second-order valence-electron chi connectivity index (χ2n) is 5.67. The molecule has 1 N–H and O–H groups in total. The molecule has 102 valence electrons. The van der Waals surface area contributed by atoms with Gasteiger partial charge in [-0.2, -0.15) is 0 Å². The van der Waals surface area contributed by atoms with Crippen LogP contribution < -0.4 is 5.32 Å². The minimum absolute atomic E-state index is 0.211. The second kappa shape index (κ2) is 5.67. The normalized spacial score (nSPS) is 27.2. The van der Waals surface area contributed by atoms with Crippen LogP contribution in [0, 0.1) is 5.41 Å². The van der Waals surface area contributed by atoms with E-state index in [-0.39, 0.29) is 11.5 Å². The van der Waals surface area contributed by atoms with Crippen molar-refractivity contribution in [2.75, 3.05) is 38.7 Å². The van der Waals surface area contributed by atoms with Crippen LogP contribution in [-0.2, 0) is 9.84 Å². The molecule has 0 aromatic heterocycles. The maximum absolute atomic E-state index is 11.5. The van der Waals surface area contributed by atoms with Crippen molar-refractivity contribution in [3.05, 3.63) is 0 Å². The second-order valence-corrected chi connectivity index (χ2v) is 7.90. The van der Waals surface area contributed by atoms with Crippen LogP contribution in [0.3, 0.4) is 0 Å². The lowest BCUT2D eigenvalue weighted by Gasteiger charge is -2.35. The number of sulfone groups is 1. The summed E-state index contributed by atoms with van der Waals surface area (Å²) in [6.45, 7) is 6.36. The van der Waals surface area contributed by atoms with E-state index in [0.717, 1.165) is 25.9 Å². The Kier molecular flexibility index (Phi) is 4.98. The summed E-state index contributed by atoms with van der Waals surface area (Å²) in [6.07, 6.45) is 1.88. The van der Waals surface area contributed by atoms with Crippen LogP contribution in [0.4, 0.5) is 0 Å². The Bertz CT molecular complexity index is 342. The third kappa shape index (κ3) is 4.23. The van der Waals surface area contributed by atoms with Gasteiger partial charge in [-0.25, -0.2) is 8.42 Å². The molecule has 17 heavy (non-hydrogen) atoms. The molecule has 4 nitrogen and oxygen atoms in total. The third-order valence-electron chi connectivity index (χ3n) is 3.92. The monoisotopic (exact) mass is 262 g/mol. The van der Waals surface area contributed by atoms with Gasteiger partial charge < -0.3 is 10.2 Å². The molecule has 0 spiro atoms. The molecule has 0 bridgehead atoms. The number of hydrogen-bond donors (Lipinski definition) is 1. The largest absolute Gasteiger partial charge is 0.319 e. The molecule has 0 radical (unpaired) electrons. The summed E-state index contributed by atoms with van der Waals surface area (Å²) < 4.78 is 22.9. The topological polar surface area (TPSA) is 49.4 Å². The zero-order valence-electron chi connectivity index (χ0n) is 11.5. The smallest absolute Gasteiger partial charge is 0.151 e. The van der Waals surface area contributed by atoms with Crippen LogP contribution in [0.25, 0.3) is 0 Å². The van der Waals surface area contributed by atoms with Crippen LogP contribution in [0.2, 0.25) is 0 Å². The Morgan fingerprint density at radius 1 is 1.47 bits per heavy atom. The van der Waals surface area contributed by atoms with Gasteiger partial charge in [-0.15, -0.1) is 0 Å². The quantitative estimate of drug-likeness (QED) is 0.767. The molecule has 1 rings (SSSR count). The Labute approximate surface area is 106 Å². The van der Waals surface area contributed by atoms with E-state index in [0.29, 0.717) is 11.5 Å². The Morgan fingerprint density at radius 2 is 2.12 bits per heavy atom. The first kappa shape index (κ1) is 14.9. The van der Waals surface area contributed by atoms with E-state index in [1.165, 1.54) is 0 Å². The summed E-state index contributed by atoms with van der Waals surface area (Å²) >= 11 is 0. The molecular formula is C12H26N2O2S. The van der Waals surface area contributed by atoms with Gasteiger partial charge in [0.15, 0.2) is 9.84 Å². The summed E-state index contributed by atoms with van der Waals surface area (Å²) in [7, 11) is 1.24. The van der Waals surface area contributed by atoms with Gasteiger partial charge in [0.1, 0.15) is 0 Å². The van der Waals surface area contributed by atoms with Crippen LogP contribution in [0.1, 0.15) is 26.7 Å². The fourth-order valence-corrected chi connectivity index (χ4v) is 4.38. The van der Waals surface area contributed by atoms with Crippen molar-refractivity contribution in [3.8, 4) is 0 Å². The number of nitrogens with one attached hydrogen (secondary N) is 1. The molecule has 1 aliphatic rings. The van der Waals surface area contributed by atoms with E-state index in [4.69, 9.17) is 0 Å². The Morgan fingerprint density at radius 3 is 2.53 bits per heavy atom. The minimum atomic E-state index is -2.77. The highest BCUT2D eigenvalue weighted by molar-refractivity contribution is 7.91. The molecule has 0 saturated carbocycles. The van der Waals surface area contributed by atoms with Crippen molar-refractivity contribution in [1.29, 1.82) is 0 Å². The zero-order valence-corrected chi connectivity index (χ0v) is 12.3. The van der Waals surface area contributed by atoms with Gasteiger partial charge in [0.2, 0.25) is 0 Å². The highest BCUT2D eigenvalue weighted by atomic mass is 32.2. The van der Waals surface area contributed by atoms with Gasteiger partial charge in [-0.3, -0.25) is 0 Å². The molecule has 1 saturated heterocycles. The van der Waals surface area contributed by atoms with Gasteiger partial charge >= 0.3 is 0 Å². The van der Waals surface area contributed by atoms with Gasteiger partial charge in [0, 0.05) is 19.1 Å². The highest BCUT2D eigenvalue weighted by Gasteiger charge is 2.33. The average molecular weight is 262 g/mol. The van der Waals surface area contributed by atoms with Crippen LogP contribution in [0.5, 0.6) is 0 Å². The lowest BCUT2D eigenvalue weighted by molar-refractivity contribution is 0.151. The molecule has 0 aliphatic carbocycles. The molecule has 0 amide bonds. The average Bonchev–Trinajstić information content (AvgIpc) is 2.59. The highest BCUT2D eigenvalue weighted by Crippen LogP contribution is 2.24. The van der Waals surface area contributed by atoms with Crippen molar-refractivity contribution < 1.29 is 8.42 Å². The molecule has 0 aromatic rings. The van der Waals surface area contributed by atoms with Crippen molar-refractivity contribution in [1.82, 2.24) is 10.2 Å². The van der Waals surface area contributed by atoms with E-state index in [2.05, 4.69) is 31.1 Å². The molecular weight excluding hydrogens is 236 g/mol. The molecule has 1 fully saturated rings. The lowest BCUT2D eigenvalue weighted by Crippen LogP contribution is -2.44. The maximum Gasteiger partial charge on any atom is 0.151 e. The van der Waals surface area contributed by atoms with Crippen LogP contribution >= 0.6 is 0 Å². The SMILES string of the molecule is CCC(C)(CNC)CN(C)C1CCS(=O)(=O)C1. The first-order chi connectivity index (χ1) is 7.82. The van der Waals surface area contributed by atoms with Gasteiger partial charge in [-0.1, -0.05) is 13.8 Å². The molecule has 1 heterocycles. The Balaban J connectivity index is 2.57. The van der Waals surface area contributed by atoms with E-state index in [1.54, 1.807) is 0 Å². The minimum Gasteiger partial charge on any atom is -0.319 e. The summed E-state index contributed by atoms with van der Waals surface area (Å²) in [5, 5.41) is 3.23. The van der Waals surface area contributed by atoms with Gasteiger partial charge in [0.05, 0.1) is 11.5 Å². The fraction of sp³-hybridized carbons (Fsp3) is 1.00. The third-order valence-corrected chi connectivity index (χ3v) is 5.67. The van der Waals surface area contributed by atoms with Crippen LogP contribution in [0.15, 0.2) is 0 Å². The summed E-state index contributed by atoms with van der Waals surface area (Å²) in [5.74, 6) is 0.694. The van der Waals surface area contributed by atoms with Crippen molar-refractivity contribution in [2.24, 2.45) is 5.41 Å². The molecule has 0 aromatic carbocycles. The first-order valence-corrected chi connectivity index (χ1v) is 8.19. The number of hydrogen-bond acceptors (Lipinski definition) is 4. The molecule has 5 heteroatoms. The zero-order chi connectivity index (χ0) is 13.1. The van der Waals surface area contributed by atoms with E-state index in [9.17, 15) is 8.42 Å². The first-order valence-electron chi connectivity index (χ1n) is 6.37. The summed E-state index contributed by atoms with van der Waals surface area (Å²) in [6, 6.07) is 0.211. The molecule has 2 unspecified atom stereocenters.